The smallest absolute Gasteiger partial charge is 0.450 e. The summed E-state index contributed by atoms with van der Waals surface area (Å²) >= 11 is 1.48. The topological polar surface area (TPSA) is 66.8 Å². The molecular formula is C6H9NO4S. The molecule has 1 aliphatic rings. The second-order valence-electron chi connectivity index (χ2n) is 2.33. The minimum atomic E-state index is -1.34. The van der Waals surface area contributed by atoms with Gasteiger partial charge in [0.1, 0.15) is 0 Å². The molecule has 1 rings (SSSR count). The Hall–Kier alpha value is -0.910. The third kappa shape index (κ3) is 2.04. The highest BCUT2D eigenvalue weighted by Crippen LogP contribution is 2.21. The lowest BCUT2D eigenvalue weighted by molar-refractivity contribution is -0.135. The van der Waals surface area contributed by atoms with Crippen LogP contribution in [0.1, 0.15) is 6.92 Å². The number of thioether (sulfide) groups is 1. The molecule has 0 aromatic rings. The van der Waals surface area contributed by atoms with Gasteiger partial charge >= 0.3 is 6.16 Å². The van der Waals surface area contributed by atoms with Crippen LogP contribution in [0.25, 0.3) is 0 Å². The van der Waals surface area contributed by atoms with Gasteiger partial charge < -0.3 is 9.84 Å². The first-order valence-corrected chi connectivity index (χ1v) is 4.51. The maximum atomic E-state index is 10.9. The van der Waals surface area contributed by atoms with E-state index in [1.54, 1.807) is 0 Å². The van der Waals surface area contributed by atoms with Crippen LogP contribution in [0, 0.1) is 0 Å². The molecule has 1 aliphatic heterocycles. The first kappa shape index (κ1) is 9.18. The Balaban J connectivity index is 2.52. The fourth-order valence-electron chi connectivity index (χ4n) is 0.933. The number of nitrogens with zero attached hydrogens (tertiary/aromatic N) is 1. The lowest BCUT2D eigenvalue weighted by atomic mass is 10.5. The lowest BCUT2D eigenvalue weighted by Gasteiger charge is -2.20. The fourth-order valence-corrected chi connectivity index (χ4v) is 2.03. The summed E-state index contributed by atoms with van der Waals surface area (Å²) < 4.78 is 4.49. The summed E-state index contributed by atoms with van der Waals surface area (Å²) in [5, 5.41) is 8.30. The molecule has 0 aromatic heterocycles. The molecule has 1 unspecified atom stereocenters. The Bertz CT molecular complexity index is 208. The molecule has 0 aromatic carbocycles. The predicted octanol–water partition coefficient (Wildman–Crippen LogP) is 0.560. The SMILES string of the molecule is CC(=O)N1CSCC1OC(=O)O. The number of hydrogen-bond acceptors (Lipinski definition) is 4. The van der Waals surface area contributed by atoms with E-state index in [2.05, 4.69) is 4.74 Å². The number of carboxylic acid groups (broad SMARTS) is 1. The summed E-state index contributed by atoms with van der Waals surface area (Å²) in [5.74, 6) is 0.866. The fraction of sp³-hybridized carbons (Fsp3) is 0.667. The highest BCUT2D eigenvalue weighted by Gasteiger charge is 2.29. The van der Waals surface area contributed by atoms with Gasteiger partial charge in [0.05, 0.1) is 11.6 Å². The van der Waals surface area contributed by atoms with Crippen LogP contribution in [0.3, 0.4) is 0 Å². The van der Waals surface area contributed by atoms with Crippen molar-refractivity contribution in [3.63, 3.8) is 0 Å². The average molecular weight is 191 g/mol. The van der Waals surface area contributed by atoms with Crippen molar-refractivity contribution in [1.82, 2.24) is 4.90 Å². The third-order valence-corrected chi connectivity index (χ3v) is 2.46. The van der Waals surface area contributed by atoms with Crippen molar-refractivity contribution in [3.8, 4) is 0 Å². The number of rotatable bonds is 1. The molecule has 6 heteroatoms. The third-order valence-electron chi connectivity index (χ3n) is 1.48. The number of amides is 1. The van der Waals surface area contributed by atoms with Gasteiger partial charge in [-0.05, 0) is 0 Å². The number of hydrogen-bond donors (Lipinski definition) is 1. The Morgan fingerprint density at radius 1 is 1.67 bits per heavy atom. The van der Waals surface area contributed by atoms with Crippen molar-refractivity contribution in [2.75, 3.05) is 11.6 Å². The molecule has 0 aliphatic carbocycles. The first-order chi connectivity index (χ1) is 5.61. The minimum Gasteiger partial charge on any atom is -0.450 e. The minimum absolute atomic E-state index is 0.161. The monoisotopic (exact) mass is 191 g/mol. The Morgan fingerprint density at radius 2 is 2.33 bits per heavy atom. The summed E-state index contributed by atoms with van der Waals surface area (Å²) in [6, 6.07) is 0. The van der Waals surface area contributed by atoms with Crippen LogP contribution in [0.4, 0.5) is 4.79 Å². The van der Waals surface area contributed by atoms with Crippen molar-refractivity contribution in [3.05, 3.63) is 0 Å². The molecule has 0 saturated carbocycles. The van der Waals surface area contributed by atoms with E-state index in [1.807, 2.05) is 0 Å². The van der Waals surface area contributed by atoms with E-state index in [1.165, 1.54) is 23.6 Å². The highest BCUT2D eigenvalue weighted by atomic mass is 32.2. The van der Waals surface area contributed by atoms with Gasteiger partial charge in [0, 0.05) is 6.92 Å². The predicted molar refractivity (Wildman–Crippen MR) is 42.7 cm³/mol. The zero-order chi connectivity index (χ0) is 9.14. The van der Waals surface area contributed by atoms with Gasteiger partial charge in [-0.25, -0.2) is 4.79 Å². The zero-order valence-corrected chi connectivity index (χ0v) is 7.34. The summed E-state index contributed by atoms with van der Waals surface area (Å²) in [4.78, 5) is 22.4. The molecule has 0 bridgehead atoms. The van der Waals surface area contributed by atoms with Gasteiger partial charge in [-0.15, -0.1) is 11.8 Å². The standard InChI is InChI=1S/C6H9NO4S/c1-4(8)7-3-12-2-5(7)11-6(9)10/h5H,2-3H2,1H3,(H,9,10). The van der Waals surface area contributed by atoms with E-state index in [0.29, 0.717) is 11.6 Å². The van der Waals surface area contributed by atoms with Crippen LogP contribution in [0.5, 0.6) is 0 Å². The van der Waals surface area contributed by atoms with E-state index in [-0.39, 0.29) is 5.91 Å². The highest BCUT2D eigenvalue weighted by molar-refractivity contribution is 7.99. The molecule has 1 atom stereocenters. The van der Waals surface area contributed by atoms with Crippen LogP contribution in [0.2, 0.25) is 0 Å². The second kappa shape index (κ2) is 3.66. The number of carbonyl (C=O) groups is 2. The van der Waals surface area contributed by atoms with E-state index in [9.17, 15) is 9.59 Å². The van der Waals surface area contributed by atoms with Gasteiger partial charge in [-0.3, -0.25) is 9.69 Å². The maximum Gasteiger partial charge on any atom is 0.507 e. The molecule has 68 valence electrons. The summed E-state index contributed by atoms with van der Waals surface area (Å²) in [6.07, 6.45) is -1.95. The quantitative estimate of drug-likeness (QED) is 0.613. The maximum absolute atomic E-state index is 10.9. The van der Waals surface area contributed by atoms with E-state index < -0.39 is 12.4 Å². The molecule has 1 N–H and O–H groups in total. The Morgan fingerprint density at radius 3 is 2.83 bits per heavy atom. The van der Waals surface area contributed by atoms with Gasteiger partial charge in [-0.1, -0.05) is 0 Å². The second-order valence-corrected chi connectivity index (χ2v) is 3.33. The molecular weight excluding hydrogens is 182 g/mol. The van der Waals surface area contributed by atoms with E-state index >= 15 is 0 Å². The molecule has 1 fully saturated rings. The van der Waals surface area contributed by atoms with Gasteiger partial charge in [0.25, 0.3) is 0 Å². The van der Waals surface area contributed by atoms with Gasteiger partial charge in [0.15, 0.2) is 6.23 Å². The molecule has 1 amide bonds. The number of ether oxygens (including phenoxy) is 1. The van der Waals surface area contributed by atoms with Crippen LogP contribution in [0.15, 0.2) is 0 Å². The summed E-state index contributed by atoms with van der Waals surface area (Å²) in [6.45, 7) is 1.39. The zero-order valence-electron chi connectivity index (χ0n) is 6.52. The molecule has 1 heterocycles. The van der Waals surface area contributed by atoms with Crippen LogP contribution < -0.4 is 0 Å². The van der Waals surface area contributed by atoms with Crippen molar-refractivity contribution in [2.24, 2.45) is 0 Å². The number of carbonyl (C=O) groups excluding carboxylic acids is 1. The van der Waals surface area contributed by atoms with Crippen LogP contribution in [-0.4, -0.2) is 39.9 Å². The van der Waals surface area contributed by atoms with Gasteiger partial charge in [0.2, 0.25) is 5.91 Å². The van der Waals surface area contributed by atoms with Crippen molar-refractivity contribution in [2.45, 2.75) is 13.2 Å². The average Bonchev–Trinajstić information content (AvgIpc) is 2.33. The molecule has 0 radical (unpaired) electrons. The Kier molecular flexibility index (Phi) is 2.80. The van der Waals surface area contributed by atoms with E-state index in [0.717, 1.165) is 0 Å². The van der Waals surface area contributed by atoms with Crippen molar-refractivity contribution >= 4 is 23.8 Å². The summed E-state index contributed by atoms with van der Waals surface area (Å²) in [5.41, 5.74) is 0. The molecule has 1 saturated heterocycles. The Labute approximate surface area is 73.7 Å². The summed E-state index contributed by atoms with van der Waals surface area (Å²) in [7, 11) is 0. The molecule has 12 heavy (non-hydrogen) atoms. The first-order valence-electron chi connectivity index (χ1n) is 3.36. The van der Waals surface area contributed by atoms with Crippen LogP contribution in [-0.2, 0) is 9.53 Å². The van der Waals surface area contributed by atoms with Gasteiger partial charge in [-0.2, -0.15) is 0 Å². The molecule has 5 nitrogen and oxygen atoms in total. The lowest BCUT2D eigenvalue weighted by Crippen LogP contribution is -2.37. The largest absolute Gasteiger partial charge is 0.507 e. The van der Waals surface area contributed by atoms with Crippen molar-refractivity contribution < 1.29 is 19.4 Å². The molecule has 0 spiro atoms. The van der Waals surface area contributed by atoms with Crippen molar-refractivity contribution in [1.29, 1.82) is 0 Å². The van der Waals surface area contributed by atoms with E-state index in [4.69, 9.17) is 5.11 Å². The van der Waals surface area contributed by atoms with Crippen LogP contribution >= 0.6 is 11.8 Å². The normalized spacial score (nSPS) is 22.4.